The molecule has 0 radical (unpaired) electrons. The van der Waals surface area contributed by atoms with Crippen LogP contribution < -0.4 is 5.56 Å². The van der Waals surface area contributed by atoms with E-state index < -0.39 is 0 Å². The summed E-state index contributed by atoms with van der Waals surface area (Å²) in [4.78, 5) is 29.1. The molecule has 0 spiro atoms. The molecular formula is C17H24N4O2S. The standard InChI is InChI=1S/C17H24N4O2S/c1-3-9-20(10-4-2)14(22)11-21-17(23)15-12-7-5-6-8-13(12)24-16(15)18-19-21/h3-11H2,1-2H3. The van der Waals surface area contributed by atoms with Gasteiger partial charge in [0.1, 0.15) is 6.54 Å². The zero-order chi connectivity index (χ0) is 17.1. The van der Waals surface area contributed by atoms with Crippen molar-refractivity contribution in [3.8, 4) is 0 Å². The average molecular weight is 348 g/mol. The second-order valence-corrected chi connectivity index (χ2v) is 7.41. The molecule has 0 aromatic carbocycles. The summed E-state index contributed by atoms with van der Waals surface area (Å²) in [6.07, 6.45) is 6.05. The van der Waals surface area contributed by atoms with Crippen molar-refractivity contribution in [3.63, 3.8) is 0 Å². The van der Waals surface area contributed by atoms with Crippen LogP contribution in [0.2, 0.25) is 0 Å². The molecule has 6 nitrogen and oxygen atoms in total. The smallest absolute Gasteiger partial charge is 0.279 e. The first-order valence-corrected chi connectivity index (χ1v) is 9.63. The minimum atomic E-state index is -0.166. The Kier molecular flexibility index (Phi) is 5.28. The van der Waals surface area contributed by atoms with Crippen LogP contribution in [0.25, 0.3) is 10.2 Å². The van der Waals surface area contributed by atoms with Gasteiger partial charge in [-0.05, 0) is 44.1 Å². The van der Waals surface area contributed by atoms with Gasteiger partial charge in [0.15, 0.2) is 4.83 Å². The summed E-state index contributed by atoms with van der Waals surface area (Å²) in [5, 5.41) is 8.91. The highest BCUT2D eigenvalue weighted by Gasteiger charge is 2.22. The van der Waals surface area contributed by atoms with Gasteiger partial charge in [-0.3, -0.25) is 9.59 Å². The zero-order valence-corrected chi connectivity index (χ0v) is 15.2. The Morgan fingerprint density at radius 3 is 2.62 bits per heavy atom. The van der Waals surface area contributed by atoms with Crippen LogP contribution in [0.5, 0.6) is 0 Å². The van der Waals surface area contributed by atoms with Crippen LogP contribution >= 0.6 is 11.3 Å². The maximum absolute atomic E-state index is 12.8. The van der Waals surface area contributed by atoms with Crippen molar-refractivity contribution < 1.29 is 4.79 Å². The van der Waals surface area contributed by atoms with Gasteiger partial charge in [-0.1, -0.05) is 19.1 Å². The van der Waals surface area contributed by atoms with E-state index in [1.165, 1.54) is 16.0 Å². The van der Waals surface area contributed by atoms with Crippen molar-refractivity contribution in [2.75, 3.05) is 13.1 Å². The number of aromatic nitrogens is 3. The molecule has 0 fully saturated rings. The molecule has 7 heteroatoms. The summed E-state index contributed by atoms with van der Waals surface area (Å²) in [6.45, 7) is 5.50. The molecule has 1 aliphatic carbocycles. The lowest BCUT2D eigenvalue weighted by atomic mass is 9.97. The van der Waals surface area contributed by atoms with Crippen LogP contribution in [0, 0.1) is 0 Å². The first-order valence-electron chi connectivity index (χ1n) is 8.81. The van der Waals surface area contributed by atoms with Crippen LogP contribution in [0.4, 0.5) is 0 Å². The highest BCUT2D eigenvalue weighted by molar-refractivity contribution is 7.18. The second-order valence-electron chi connectivity index (χ2n) is 6.32. The van der Waals surface area contributed by atoms with Crippen LogP contribution in [-0.2, 0) is 24.2 Å². The summed E-state index contributed by atoms with van der Waals surface area (Å²) in [7, 11) is 0. The Bertz CT molecular complexity index is 790. The molecule has 2 aromatic heterocycles. The third-order valence-electron chi connectivity index (χ3n) is 4.47. The number of amides is 1. The number of carbonyl (C=O) groups is 1. The third kappa shape index (κ3) is 3.22. The molecule has 1 aliphatic rings. The van der Waals surface area contributed by atoms with Gasteiger partial charge >= 0.3 is 0 Å². The molecule has 0 saturated carbocycles. The van der Waals surface area contributed by atoms with Crippen LogP contribution in [-0.4, -0.2) is 38.9 Å². The van der Waals surface area contributed by atoms with Gasteiger partial charge in [0.05, 0.1) is 5.39 Å². The number of nitrogens with zero attached hydrogens (tertiary/aromatic N) is 4. The lowest BCUT2D eigenvalue weighted by molar-refractivity contribution is -0.132. The molecule has 0 atom stereocenters. The van der Waals surface area contributed by atoms with E-state index in [2.05, 4.69) is 10.3 Å². The highest BCUT2D eigenvalue weighted by Crippen LogP contribution is 2.33. The highest BCUT2D eigenvalue weighted by atomic mass is 32.1. The maximum atomic E-state index is 12.8. The molecule has 0 unspecified atom stereocenters. The maximum Gasteiger partial charge on any atom is 0.279 e. The fraction of sp³-hybridized carbons (Fsp3) is 0.647. The van der Waals surface area contributed by atoms with Gasteiger partial charge in [-0.2, -0.15) is 0 Å². The van der Waals surface area contributed by atoms with Crippen LogP contribution in [0.15, 0.2) is 4.79 Å². The largest absolute Gasteiger partial charge is 0.341 e. The SMILES string of the molecule is CCCN(CCC)C(=O)Cn1nnc2sc3c(c2c1=O)CCCC3. The number of thiophene rings is 1. The molecule has 1 amide bonds. The van der Waals surface area contributed by atoms with Gasteiger partial charge in [0.2, 0.25) is 5.91 Å². The summed E-state index contributed by atoms with van der Waals surface area (Å²) >= 11 is 1.58. The molecule has 130 valence electrons. The quantitative estimate of drug-likeness (QED) is 0.804. The molecule has 0 aliphatic heterocycles. The van der Waals surface area contributed by atoms with Crippen molar-refractivity contribution in [2.24, 2.45) is 0 Å². The molecule has 2 aromatic rings. The first kappa shape index (κ1) is 17.1. The van der Waals surface area contributed by atoms with Crippen LogP contribution in [0.1, 0.15) is 50.0 Å². The number of hydrogen-bond donors (Lipinski definition) is 0. The van der Waals surface area contributed by atoms with Gasteiger partial charge < -0.3 is 4.90 Å². The Balaban J connectivity index is 1.91. The van der Waals surface area contributed by atoms with E-state index in [9.17, 15) is 9.59 Å². The third-order valence-corrected chi connectivity index (χ3v) is 5.65. The van der Waals surface area contributed by atoms with Gasteiger partial charge in [-0.25, -0.2) is 4.68 Å². The topological polar surface area (TPSA) is 68.1 Å². The van der Waals surface area contributed by atoms with Crippen molar-refractivity contribution in [2.45, 2.75) is 58.9 Å². The minimum absolute atomic E-state index is 0.0214. The molecule has 0 bridgehead atoms. The van der Waals surface area contributed by atoms with E-state index in [4.69, 9.17) is 0 Å². The monoisotopic (exact) mass is 348 g/mol. The number of rotatable bonds is 6. The van der Waals surface area contributed by atoms with Crippen LogP contribution in [0.3, 0.4) is 0 Å². The zero-order valence-electron chi connectivity index (χ0n) is 14.4. The van der Waals surface area contributed by atoms with Gasteiger partial charge in [0, 0.05) is 18.0 Å². The predicted octanol–water partition coefficient (Wildman–Crippen LogP) is 2.38. The fourth-order valence-corrected chi connectivity index (χ4v) is 4.54. The summed E-state index contributed by atoms with van der Waals surface area (Å²) in [5.41, 5.74) is 0.974. The van der Waals surface area contributed by atoms with E-state index in [1.807, 2.05) is 13.8 Å². The fourth-order valence-electron chi connectivity index (χ4n) is 3.34. The summed E-state index contributed by atoms with van der Waals surface area (Å²) in [6, 6.07) is 0. The Hall–Kier alpha value is -1.76. The van der Waals surface area contributed by atoms with Gasteiger partial charge in [-0.15, -0.1) is 16.4 Å². The lowest BCUT2D eigenvalue weighted by Gasteiger charge is -2.21. The molecule has 2 heterocycles. The van der Waals surface area contributed by atoms with Crippen molar-refractivity contribution in [3.05, 3.63) is 20.8 Å². The molecule has 24 heavy (non-hydrogen) atoms. The van der Waals surface area contributed by atoms with E-state index >= 15 is 0 Å². The summed E-state index contributed by atoms with van der Waals surface area (Å²) < 4.78 is 1.24. The number of fused-ring (bicyclic) bond motifs is 3. The van der Waals surface area contributed by atoms with E-state index in [0.717, 1.165) is 42.5 Å². The Morgan fingerprint density at radius 2 is 1.92 bits per heavy atom. The van der Waals surface area contributed by atoms with Crippen molar-refractivity contribution >= 4 is 27.5 Å². The normalized spacial score (nSPS) is 13.9. The molecule has 0 saturated heterocycles. The Labute approximate surface area is 145 Å². The van der Waals surface area contributed by atoms with Crippen molar-refractivity contribution in [1.82, 2.24) is 19.9 Å². The first-order chi connectivity index (χ1) is 11.7. The number of hydrogen-bond acceptors (Lipinski definition) is 5. The summed E-state index contributed by atoms with van der Waals surface area (Å²) in [5.74, 6) is -0.0569. The van der Waals surface area contributed by atoms with E-state index in [1.54, 1.807) is 16.2 Å². The van der Waals surface area contributed by atoms with E-state index in [-0.39, 0.29) is 18.0 Å². The average Bonchev–Trinajstić information content (AvgIpc) is 2.96. The van der Waals surface area contributed by atoms with Crippen molar-refractivity contribution in [1.29, 1.82) is 0 Å². The molecule has 0 N–H and O–H groups in total. The van der Waals surface area contributed by atoms with Gasteiger partial charge in [0.25, 0.3) is 5.56 Å². The minimum Gasteiger partial charge on any atom is -0.341 e. The number of carbonyl (C=O) groups excluding carboxylic acids is 1. The second kappa shape index (κ2) is 7.42. The molecular weight excluding hydrogens is 324 g/mol. The predicted molar refractivity (Wildman–Crippen MR) is 95.5 cm³/mol. The lowest BCUT2D eigenvalue weighted by Crippen LogP contribution is -2.38. The van der Waals surface area contributed by atoms with E-state index in [0.29, 0.717) is 18.5 Å². The number of aryl methyl sites for hydroxylation is 2. The molecule has 3 rings (SSSR count). The Morgan fingerprint density at radius 1 is 1.21 bits per heavy atom.